The molecule has 2 aliphatic rings. The smallest absolute Gasteiger partial charge is 0.358 e. The molecule has 118 valence electrons. The Labute approximate surface area is 127 Å². The molecule has 2 heterocycles. The van der Waals surface area contributed by atoms with E-state index in [0.717, 1.165) is 48.1 Å². The molecule has 1 aliphatic heterocycles. The summed E-state index contributed by atoms with van der Waals surface area (Å²) in [6.07, 6.45) is -2.18. The maximum Gasteiger partial charge on any atom is 0.416 e. The highest BCUT2D eigenvalue weighted by Crippen LogP contribution is 2.45. The van der Waals surface area contributed by atoms with Gasteiger partial charge in [0.15, 0.2) is 0 Å². The lowest BCUT2D eigenvalue weighted by molar-refractivity contribution is -0.137. The monoisotopic (exact) mass is 308 g/mol. The number of alkyl halides is 3. The molecule has 1 aromatic heterocycles. The third kappa shape index (κ3) is 2.06. The lowest BCUT2D eigenvalue weighted by Crippen LogP contribution is -2.42. The number of halogens is 3. The molecule has 0 bridgehead atoms. The zero-order chi connectivity index (χ0) is 15.5. The van der Waals surface area contributed by atoms with Crippen molar-refractivity contribution in [2.24, 2.45) is 11.8 Å². The average molecular weight is 308 g/mol. The van der Waals surface area contributed by atoms with Crippen LogP contribution in [0.1, 0.15) is 36.1 Å². The van der Waals surface area contributed by atoms with Crippen molar-refractivity contribution < 1.29 is 13.2 Å². The van der Waals surface area contributed by atoms with E-state index in [1.54, 1.807) is 6.07 Å². The van der Waals surface area contributed by atoms with Crippen LogP contribution in [0, 0.1) is 11.8 Å². The molecule has 0 unspecified atom stereocenters. The van der Waals surface area contributed by atoms with Gasteiger partial charge in [-0.1, -0.05) is 6.92 Å². The van der Waals surface area contributed by atoms with Crippen molar-refractivity contribution in [2.75, 3.05) is 13.1 Å². The molecule has 2 aromatic rings. The van der Waals surface area contributed by atoms with Crippen molar-refractivity contribution >= 4 is 10.9 Å². The van der Waals surface area contributed by atoms with Gasteiger partial charge >= 0.3 is 6.18 Å². The van der Waals surface area contributed by atoms with Crippen LogP contribution in [-0.2, 0) is 12.6 Å². The van der Waals surface area contributed by atoms with Crippen LogP contribution in [0.25, 0.3) is 10.9 Å². The summed E-state index contributed by atoms with van der Waals surface area (Å²) in [5, 5.41) is 4.18. The van der Waals surface area contributed by atoms with Crippen LogP contribution in [0.15, 0.2) is 18.2 Å². The maximum atomic E-state index is 13.0. The van der Waals surface area contributed by atoms with Crippen molar-refractivity contribution in [3.8, 4) is 0 Å². The highest BCUT2D eigenvalue weighted by Gasteiger charge is 2.38. The van der Waals surface area contributed by atoms with Gasteiger partial charge in [0.1, 0.15) is 0 Å². The van der Waals surface area contributed by atoms with E-state index in [-0.39, 0.29) is 0 Å². The lowest BCUT2D eigenvalue weighted by Gasteiger charge is -2.40. The Morgan fingerprint density at radius 1 is 1.23 bits per heavy atom. The summed E-state index contributed by atoms with van der Waals surface area (Å²) in [6.45, 7) is 4.18. The van der Waals surface area contributed by atoms with E-state index in [4.69, 9.17) is 0 Å². The predicted octanol–water partition coefficient (Wildman–Crippen LogP) is 4.07. The van der Waals surface area contributed by atoms with Crippen LogP contribution in [0.3, 0.4) is 0 Å². The number of piperidine rings is 1. The molecule has 4 rings (SSSR count). The van der Waals surface area contributed by atoms with Gasteiger partial charge in [-0.3, -0.25) is 0 Å². The maximum absolute atomic E-state index is 13.0. The molecular formula is C17H19F3N2. The number of nitrogens with one attached hydrogen (secondary N) is 2. The molecule has 1 saturated heterocycles. The number of rotatable bonds is 0. The molecule has 0 saturated carbocycles. The van der Waals surface area contributed by atoms with Gasteiger partial charge in [-0.15, -0.1) is 0 Å². The normalized spacial score (nSPS) is 28.5. The molecule has 22 heavy (non-hydrogen) atoms. The lowest BCUT2D eigenvalue weighted by atomic mass is 9.68. The van der Waals surface area contributed by atoms with Crippen molar-refractivity contribution in [3.05, 3.63) is 35.0 Å². The molecule has 0 radical (unpaired) electrons. The van der Waals surface area contributed by atoms with E-state index in [2.05, 4.69) is 17.2 Å². The van der Waals surface area contributed by atoms with E-state index >= 15 is 0 Å². The Kier molecular flexibility index (Phi) is 3.05. The molecule has 1 aliphatic carbocycles. The second-order valence-electron chi connectivity index (χ2n) is 6.68. The second kappa shape index (κ2) is 4.75. The fraction of sp³-hybridized carbons (Fsp3) is 0.529. The van der Waals surface area contributed by atoms with Crippen LogP contribution in [0.4, 0.5) is 13.2 Å². The van der Waals surface area contributed by atoms with Crippen LogP contribution in [0.5, 0.6) is 0 Å². The summed E-state index contributed by atoms with van der Waals surface area (Å²) in [5.74, 6) is 1.45. The first-order chi connectivity index (χ1) is 10.4. The number of aromatic nitrogens is 1. The molecule has 0 spiro atoms. The van der Waals surface area contributed by atoms with Gasteiger partial charge in [0.05, 0.1) is 5.56 Å². The molecular weight excluding hydrogens is 289 g/mol. The zero-order valence-corrected chi connectivity index (χ0v) is 12.4. The number of H-pyrrole nitrogens is 1. The Hall–Kier alpha value is -1.49. The van der Waals surface area contributed by atoms with Gasteiger partial charge in [-0.05, 0) is 67.4 Å². The molecule has 0 amide bonds. The van der Waals surface area contributed by atoms with E-state index in [0.29, 0.717) is 17.8 Å². The van der Waals surface area contributed by atoms with Crippen molar-refractivity contribution in [2.45, 2.75) is 31.9 Å². The summed E-state index contributed by atoms with van der Waals surface area (Å²) in [7, 11) is 0. The quantitative estimate of drug-likeness (QED) is 0.754. The molecule has 2 nitrogen and oxygen atoms in total. The summed E-state index contributed by atoms with van der Waals surface area (Å²) in [6, 6.07) is 4.06. The van der Waals surface area contributed by atoms with Gasteiger partial charge in [-0.2, -0.15) is 13.2 Å². The first-order valence-electron chi connectivity index (χ1n) is 7.87. The van der Waals surface area contributed by atoms with E-state index in [9.17, 15) is 13.2 Å². The minimum absolute atomic E-state index is 0.291. The minimum atomic E-state index is -4.29. The molecule has 2 N–H and O–H groups in total. The fourth-order valence-electron chi connectivity index (χ4n) is 4.38. The highest BCUT2D eigenvalue weighted by atomic mass is 19.4. The number of benzene rings is 1. The standard InChI is InChI=1S/C17H19F3N2/c1-9-13-8-21-5-4-10(13)6-15-16(9)12-7-11(17(18,19)20)2-3-14(12)22-15/h2-3,7,9-10,13,21-22H,4-6,8H2,1H3/t9-,10-,13-/m1/s1. The number of hydrogen-bond acceptors (Lipinski definition) is 1. The Morgan fingerprint density at radius 2 is 2.05 bits per heavy atom. The third-order valence-corrected chi connectivity index (χ3v) is 5.49. The number of aromatic amines is 1. The molecule has 1 aromatic carbocycles. The predicted molar refractivity (Wildman–Crippen MR) is 79.9 cm³/mol. The summed E-state index contributed by atoms with van der Waals surface area (Å²) >= 11 is 0. The van der Waals surface area contributed by atoms with Crippen molar-refractivity contribution in [1.29, 1.82) is 0 Å². The van der Waals surface area contributed by atoms with Gasteiger partial charge in [0.25, 0.3) is 0 Å². The summed E-state index contributed by atoms with van der Waals surface area (Å²) < 4.78 is 39.0. The fourth-order valence-corrected chi connectivity index (χ4v) is 4.38. The van der Waals surface area contributed by atoms with Gasteiger partial charge < -0.3 is 10.3 Å². The van der Waals surface area contributed by atoms with E-state index in [1.807, 2.05) is 0 Å². The Balaban J connectivity index is 1.86. The average Bonchev–Trinajstić information content (AvgIpc) is 2.84. The Bertz CT molecular complexity index is 716. The zero-order valence-electron chi connectivity index (χ0n) is 12.4. The first kappa shape index (κ1) is 14.1. The van der Waals surface area contributed by atoms with Gasteiger partial charge in [-0.25, -0.2) is 0 Å². The van der Waals surface area contributed by atoms with Crippen LogP contribution >= 0.6 is 0 Å². The van der Waals surface area contributed by atoms with E-state index in [1.165, 1.54) is 12.1 Å². The van der Waals surface area contributed by atoms with Crippen LogP contribution in [-0.4, -0.2) is 18.1 Å². The van der Waals surface area contributed by atoms with Crippen molar-refractivity contribution in [1.82, 2.24) is 10.3 Å². The Morgan fingerprint density at radius 3 is 2.82 bits per heavy atom. The minimum Gasteiger partial charge on any atom is -0.358 e. The second-order valence-corrected chi connectivity index (χ2v) is 6.68. The van der Waals surface area contributed by atoms with Gasteiger partial charge in [0, 0.05) is 16.6 Å². The molecule has 3 atom stereocenters. The van der Waals surface area contributed by atoms with Crippen LogP contribution < -0.4 is 5.32 Å². The number of hydrogen-bond donors (Lipinski definition) is 2. The topological polar surface area (TPSA) is 27.8 Å². The summed E-state index contributed by atoms with van der Waals surface area (Å²) in [4.78, 5) is 3.37. The van der Waals surface area contributed by atoms with Crippen molar-refractivity contribution in [3.63, 3.8) is 0 Å². The number of fused-ring (bicyclic) bond motifs is 4. The SMILES string of the molecule is C[C@H]1c2c([nH]c3ccc(C(F)(F)F)cc23)C[C@H]2CCNC[C@@H]21. The summed E-state index contributed by atoms with van der Waals surface area (Å²) in [5.41, 5.74) is 2.52. The van der Waals surface area contributed by atoms with E-state index < -0.39 is 11.7 Å². The molecule has 1 fully saturated rings. The first-order valence-corrected chi connectivity index (χ1v) is 7.87. The largest absolute Gasteiger partial charge is 0.416 e. The van der Waals surface area contributed by atoms with Gasteiger partial charge in [0.2, 0.25) is 0 Å². The highest BCUT2D eigenvalue weighted by molar-refractivity contribution is 5.86. The third-order valence-electron chi connectivity index (χ3n) is 5.49. The van der Waals surface area contributed by atoms with Crippen LogP contribution in [0.2, 0.25) is 0 Å². The molecule has 5 heteroatoms.